The molecule has 0 unspecified atom stereocenters. The Morgan fingerprint density at radius 1 is 1.43 bits per heavy atom. The molecule has 0 spiro atoms. The number of rotatable bonds is 3. The first-order valence-corrected chi connectivity index (χ1v) is 7.10. The van der Waals surface area contributed by atoms with Crippen molar-refractivity contribution >= 4 is 5.91 Å². The Morgan fingerprint density at radius 2 is 2.33 bits per heavy atom. The van der Waals surface area contributed by atoms with Gasteiger partial charge >= 0.3 is 0 Å². The summed E-state index contributed by atoms with van der Waals surface area (Å²) in [5.74, 6) is 1.01. The molecule has 0 saturated carbocycles. The Bertz CT molecular complexity index is 612. The zero-order chi connectivity index (χ0) is 14.7. The maximum atomic E-state index is 12.6. The van der Waals surface area contributed by atoms with Crippen LogP contribution in [0.3, 0.4) is 0 Å². The number of carbonyl (C=O) groups is 1. The summed E-state index contributed by atoms with van der Waals surface area (Å²) in [7, 11) is 1.65. The zero-order valence-electron chi connectivity index (χ0n) is 12.0. The minimum atomic E-state index is -0.0972. The molecule has 2 heterocycles. The van der Waals surface area contributed by atoms with E-state index in [4.69, 9.17) is 4.74 Å². The lowest BCUT2D eigenvalue weighted by molar-refractivity contribution is 0.0599. The molecule has 1 amide bonds. The van der Waals surface area contributed by atoms with E-state index < -0.39 is 0 Å². The molecule has 1 aromatic heterocycles. The first-order chi connectivity index (χ1) is 10.3. The van der Waals surface area contributed by atoms with Gasteiger partial charge in [0, 0.05) is 6.54 Å². The highest BCUT2D eigenvalue weighted by molar-refractivity contribution is 5.90. The van der Waals surface area contributed by atoms with Gasteiger partial charge in [0.2, 0.25) is 5.82 Å². The van der Waals surface area contributed by atoms with Crippen LogP contribution in [0.2, 0.25) is 0 Å². The van der Waals surface area contributed by atoms with Crippen LogP contribution in [0.5, 0.6) is 5.75 Å². The molecule has 110 valence electrons. The topological polar surface area (TPSA) is 71.1 Å². The third-order valence-electron chi connectivity index (χ3n) is 3.86. The van der Waals surface area contributed by atoms with Crippen molar-refractivity contribution in [3.63, 3.8) is 0 Å². The molecular formula is C15H18N4O2. The number of amides is 1. The fourth-order valence-electron chi connectivity index (χ4n) is 2.81. The fraction of sp³-hybridized carbons (Fsp3) is 0.400. The second-order valence-corrected chi connectivity index (χ2v) is 5.12. The average molecular weight is 286 g/mol. The number of piperidine rings is 1. The fourth-order valence-corrected chi connectivity index (χ4v) is 2.81. The van der Waals surface area contributed by atoms with Gasteiger partial charge in [-0.1, -0.05) is 12.1 Å². The summed E-state index contributed by atoms with van der Waals surface area (Å²) in [6.45, 7) is 0.738. The molecule has 3 rings (SSSR count). The minimum Gasteiger partial charge on any atom is -0.497 e. The molecule has 0 bridgehead atoms. The SMILES string of the molecule is COc1cccc([C@@H]2CCCCN2C(=O)c2ncn[nH]2)c1. The summed E-state index contributed by atoms with van der Waals surface area (Å²) < 4.78 is 5.28. The molecule has 6 heteroatoms. The Hall–Kier alpha value is -2.37. The monoisotopic (exact) mass is 286 g/mol. The Labute approximate surface area is 123 Å². The summed E-state index contributed by atoms with van der Waals surface area (Å²) >= 11 is 0. The number of carbonyl (C=O) groups excluding carboxylic acids is 1. The van der Waals surface area contributed by atoms with Crippen LogP contribution in [0.1, 0.15) is 41.5 Å². The van der Waals surface area contributed by atoms with E-state index in [0.29, 0.717) is 5.82 Å². The van der Waals surface area contributed by atoms with E-state index in [0.717, 1.165) is 37.1 Å². The standard InChI is InChI=1S/C15H18N4O2/c1-21-12-6-4-5-11(9-12)13-7-2-3-8-19(13)15(20)14-16-10-17-18-14/h4-6,9-10,13H,2-3,7-8H2,1H3,(H,16,17,18)/t13-/m0/s1. The first kappa shape index (κ1) is 13.6. The lowest BCUT2D eigenvalue weighted by Crippen LogP contribution is -2.39. The summed E-state index contributed by atoms with van der Waals surface area (Å²) in [6, 6.07) is 7.97. The number of likely N-dealkylation sites (tertiary alicyclic amines) is 1. The number of aromatic amines is 1. The largest absolute Gasteiger partial charge is 0.497 e. The number of H-pyrrole nitrogens is 1. The van der Waals surface area contributed by atoms with Crippen molar-refractivity contribution in [3.8, 4) is 5.75 Å². The van der Waals surface area contributed by atoms with E-state index in [2.05, 4.69) is 15.2 Å². The maximum Gasteiger partial charge on any atom is 0.291 e. The molecule has 1 atom stereocenters. The van der Waals surface area contributed by atoms with Crippen molar-refractivity contribution in [1.29, 1.82) is 0 Å². The van der Waals surface area contributed by atoms with Crippen LogP contribution >= 0.6 is 0 Å². The number of hydrogen-bond donors (Lipinski definition) is 1. The zero-order valence-corrected chi connectivity index (χ0v) is 12.0. The summed E-state index contributed by atoms with van der Waals surface area (Å²) in [4.78, 5) is 18.4. The molecular weight excluding hydrogens is 268 g/mol. The van der Waals surface area contributed by atoms with E-state index in [1.807, 2.05) is 29.2 Å². The van der Waals surface area contributed by atoms with Crippen LogP contribution in [0.25, 0.3) is 0 Å². The van der Waals surface area contributed by atoms with Crippen molar-refractivity contribution in [3.05, 3.63) is 42.0 Å². The van der Waals surface area contributed by atoms with Gasteiger partial charge in [0.1, 0.15) is 12.1 Å². The van der Waals surface area contributed by atoms with Gasteiger partial charge in [0.25, 0.3) is 5.91 Å². The van der Waals surface area contributed by atoms with Crippen molar-refractivity contribution in [2.75, 3.05) is 13.7 Å². The average Bonchev–Trinajstić information content (AvgIpc) is 3.09. The molecule has 0 radical (unpaired) electrons. The lowest BCUT2D eigenvalue weighted by Gasteiger charge is -2.35. The van der Waals surface area contributed by atoms with E-state index in [9.17, 15) is 4.79 Å². The van der Waals surface area contributed by atoms with Crippen LogP contribution < -0.4 is 4.74 Å². The number of methoxy groups -OCH3 is 1. The number of ether oxygens (including phenoxy) is 1. The Kier molecular flexibility index (Phi) is 3.85. The van der Waals surface area contributed by atoms with Crippen molar-refractivity contribution in [2.24, 2.45) is 0 Å². The van der Waals surface area contributed by atoms with Gasteiger partial charge in [-0.3, -0.25) is 9.89 Å². The van der Waals surface area contributed by atoms with E-state index in [1.165, 1.54) is 6.33 Å². The van der Waals surface area contributed by atoms with E-state index in [1.54, 1.807) is 7.11 Å². The predicted octanol–water partition coefficient (Wildman–Crippen LogP) is 2.18. The van der Waals surface area contributed by atoms with Gasteiger partial charge in [-0.05, 0) is 37.0 Å². The van der Waals surface area contributed by atoms with Crippen molar-refractivity contribution in [2.45, 2.75) is 25.3 Å². The van der Waals surface area contributed by atoms with E-state index in [-0.39, 0.29) is 11.9 Å². The molecule has 1 saturated heterocycles. The number of nitrogens with zero attached hydrogens (tertiary/aromatic N) is 3. The predicted molar refractivity (Wildman–Crippen MR) is 77.0 cm³/mol. The maximum absolute atomic E-state index is 12.6. The molecule has 1 aliphatic heterocycles. The van der Waals surface area contributed by atoms with Crippen LogP contribution in [-0.2, 0) is 0 Å². The first-order valence-electron chi connectivity index (χ1n) is 7.10. The molecule has 1 N–H and O–H groups in total. The molecule has 21 heavy (non-hydrogen) atoms. The quantitative estimate of drug-likeness (QED) is 0.938. The highest BCUT2D eigenvalue weighted by Crippen LogP contribution is 2.33. The number of nitrogens with one attached hydrogen (secondary N) is 1. The van der Waals surface area contributed by atoms with Gasteiger partial charge < -0.3 is 9.64 Å². The highest BCUT2D eigenvalue weighted by atomic mass is 16.5. The minimum absolute atomic E-state index is 0.0615. The smallest absolute Gasteiger partial charge is 0.291 e. The summed E-state index contributed by atoms with van der Waals surface area (Å²) in [6.07, 6.45) is 4.44. The molecule has 0 aliphatic carbocycles. The second-order valence-electron chi connectivity index (χ2n) is 5.12. The van der Waals surface area contributed by atoms with Crippen molar-refractivity contribution in [1.82, 2.24) is 20.1 Å². The lowest BCUT2D eigenvalue weighted by atomic mass is 9.95. The summed E-state index contributed by atoms with van der Waals surface area (Å²) in [5.41, 5.74) is 1.10. The summed E-state index contributed by atoms with van der Waals surface area (Å²) in [5, 5.41) is 6.41. The van der Waals surface area contributed by atoms with Crippen LogP contribution in [0.15, 0.2) is 30.6 Å². The van der Waals surface area contributed by atoms with Gasteiger partial charge in [-0.15, -0.1) is 0 Å². The van der Waals surface area contributed by atoms with E-state index >= 15 is 0 Å². The number of hydrogen-bond acceptors (Lipinski definition) is 4. The van der Waals surface area contributed by atoms with Gasteiger partial charge in [0.05, 0.1) is 13.2 Å². The third kappa shape index (κ3) is 2.74. The highest BCUT2D eigenvalue weighted by Gasteiger charge is 2.30. The van der Waals surface area contributed by atoms with Gasteiger partial charge in [-0.25, -0.2) is 4.98 Å². The Balaban J connectivity index is 1.89. The molecule has 6 nitrogen and oxygen atoms in total. The van der Waals surface area contributed by atoms with Crippen LogP contribution in [0.4, 0.5) is 0 Å². The van der Waals surface area contributed by atoms with Crippen LogP contribution in [0, 0.1) is 0 Å². The van der Waals surface area contributed by atoms with Crippen LogP contribution in [-0.4, -0.2) is 39.6 Å². The van der Waals surface area contributed by atoms with Gasteiger partial charge in [0.15, 0.2) is 0 Å². The van der Waals surface area contributed by atoms with Crippen molar-refractivity contribution < 1.29 is 9.53 Å². The number of benzene rings is 1. The second kappa shape index (κ2) is 5.95. The molecule has 1 aromatic carbocycles. The third-order valence-corrected chi connectivity index (χ3v) is 3.86. The number of aromatic nitrogens is 3. The molecule has 1 aliphatic rings. The molecule has 2 aromatic rings. The normalized spacial score (nSPS) is 18.5. The van der Waals surface area contributed by atoms with Gasteiger partial charge in [-0.2, -0.15) is 5.10 Å². The molecule has 1 fully saturated rings. The Morgan fingerprint density at radius 3 is 3.10 bits per heavy atom.